The summed E-state index contributed by atoms with van der Waals surface area (Å²) in [6.07, 6.45) is -0.629. The van der Waals surface area contributed by atoms with E-state index in [2.05, 4.69) is 5.32 Å². The van der Waals surface area contributed by atoms with Gasteiger partial charge in [0.25, 0.3) is 0 Å². The highest BCUT2D eigenvalue weighted by Gasteiger charge is 2.23. The second-order valence-corrected chi connectivity index (χ2v) is 6.42. The van der Waals surface area contributed by atoms with Crippen molar-refractivity contribution in [3.63, 3.8) is 0 Å². The van der Waals surface area contributed by atoms with E-state index >= 15 is 0 Å². The first-order valence-corrected chi connectivity index (χ1v) is 8.28. The number of hydrogen-bond acceptors (Lipinski definition) is 3. The Bertz CT molecular complexity index is 698. The van der Waals surface area contributed by atoms with E-state index in [9.17, 15) is 5.11 Å². The van der Waals surface area contributed by atoms with Gasteiger partial charge in [-0.3, -0.25) is 0 Å². The molecule has 1 aromatic heterocycles. The fourth-order valence-electron chi connectivity index (χ4n) is 2.34. The molecule has 22 heavy (non-hydrogen) atoms. The van der Waals surface area contributed by atoms with Gasteiger partial charge in [0.05, 0.1) is 6.04 Å². The fraction of sp³-hybridized carbons (Fsp3) is 0.111. The van der Waals surface area contributed by atoms with E-state index in [1.54, 1.807) is 11.3 Å². The molecule has 0 amide bonds. The first-order valence-electron chi connectivity index (χ1n) is 7.02. The van der Waals surface area contributed by atoms with Crippen LogP contribution >= 0.6 is 22.9 Å². The van der Waals surface area contributed by atoms with Gasteiger partial charge < -0.3 is 10.4 Å². The molecule has 2 atom stereocenters. The van der Waals surface area contributed by atoms with Crippen LogP contribution in [0, 0.1) is 0 Å². The van der Waals surface area contributed by atoms with Crippen molar-refractivity contribution in [2.75, 3.05) is 5.32 Å². The van der Waals surface area contributed by atoms with Crippen LogP contribution in [-0.2, 0) is 0 Å². The lowest BCUT2D eigenvalue weighted by Crippen LogP contribution is -2.18. The Balaban J connectivity index is 1.89. The van der Waals surface area contributed by atoms with E-state index in [0.717, 1.165) is 16.1 Å². The molecule has 4 heteroatoms. The van der Waals surface area contributed by atoms with Crippen LogP contribution in [0.1, 0.15) is 22.6 Å². The van der Waals surface area contributed by atoms with Crippen molar-refractivity contribution >= 4 is 28.6 Å². The summed E-state index contributed by atoms with van der Waals surface area (Å²) in [6.45, 7) is 0. The second kappa shape index (κ2) is 6.97. The van der Waals surface area contributed by atoms with Crippen molar-refractivity contribution in [3.8, 4) is 0 Å². The maximum absolute atomic E-state index is 10.8. The number of aliphatic hydroxyl groups is 1. The average Bonchev–Trinajstić information content (AvgIpc) is 3.09. The van der Waals surface area contributed by atoms with Crippen LogP contribution in [0.5, 0.6) is 0 Å². The van der Waals surface area contributed by atoms with Crippen LogP contribution in [0.2, 0.25) is 5.02 Å². The molecule has 3 rings (SSSR count). The Morgan fingerprint density at radius 3 is 2.27 bits per heavy atom. The summed E-state index contributed by atoms with van der Waals surface area (Å²) in [5.74, 6) is 0. The molecule has 0 radical (unpaired) electrons. The molecule has 0 saturated carbocycles. The van der Waals surface area contributed by atoms with Crippen molar-refractivity contribution in [3.05, 3.63) is 87.6 Å². The Morgan fingerprint density at radius 2 is 1.64 bits per heavy atom. The van der Waals surface area contributed by atoms with E-state index in [-0.39, 0.29) is 6.04 Å². The molecule has 0 aliphatic heterocycles. The van der Waals surface area contributed by atoms with Gasteiger partial charge in [-0.1, -0.05) is 48.0 Å². The maximum atomic E-state index is 10.8. The lowest BCUT2D eigenvalue weighted by molar-refractivity contribution is 0.156. The number of benzene rings is 2. The molecule has 2 nitrogen and oxygen atoms in total. The number of hydrogen-bond donors (Lipinski definition) is 2. The van der Waals surface area contributed by atoms with E-state index < -0.39 is 6.10 Å². The molecule has 0 aliphatic rings. The smallest absolute Gasteiger partial charge is 0.104 e. The summed E-state index contributed by atoms with van der Waals surface area (Å²) in [6, 6.07) is 21.0. The third-order valence-electron chi connectivity index (χ3n) is 3.47. The minimum Gasteiger partial charge on any atom is -0.386 e. The number of anilines is 1. The molecule has 2 N–H and O–H groups in total. The van der Waals surface area contributed by atoms with Crippen LogP contribution in [0.15, 0.2) is 72.1 Å². The highest BCUT2D eigenvalue weighted by molar-refractivity contribution is 7.10. The Kier molecular flexibility index (Phi) is 4.78. The predicted octanol–water partition coefficient (Wildman–Crippen LogP) is 5.29. The van der Waals surface area contributed by atoms with Crippen LogP contribution in [0.3, 0.4) is 0 Å². The van der Waals surface area contributed by atoms with Crippen molar-refractivity contribution < 1.29 is 5.11 Å². The molecule has 0 bridgehead atoms. The maximum Gasteiger partial charge on any atom is 0.104 e. The van der Waals surface area contributed by atoms with Gasteiger partial charge in [0, 0.05) is 15.6 Å². The SMILES string of the molecule is OC(c1ccccc1)C(Nc1ccc(Cl)cc1)c1cccs1. The standard InChI is InChI=1S/C18H16ClNOS/c19-14-8-10-15(11-9-14)20-17(16-7-4-12-22-16)18(21)13-5-2-1-3-6-13/h1-12,17-18,20-21H. The number of nitrogens with one attached hydrogen (secondary N) is 1. The Morgan fingerprint density at radius 1 is 0.909 bits per heavy atom. The van der Waals surface area contributed by atoms with Gasteiger partial charge in [0.1, 0.15) is 6.10 Å². The summed E-state index contributed by atoms with van der Waals surface area (Å²) in [5, 5.41) is 16.9. The average molecular weight is 330 g/mol. The largest absolute Gasteiger partial charge is 0.386 e. The summed E-state index contributed by atoms with van der Waals surface area (Å²) in [4.78, 5) is 1.09. The van der Waals surface area contributed by atoms with E-state index in [1.807, 2.05) is 72.1 Å². The van der Waals surface area contributed by atoms with Crippen LogP contribution in [-0.4, -0.2) is 5.11 Å². The van der Waals surface area contributed by atoms with Crippen LogP contribution in [0.25, 0.3) is 0 Å². The topological polar surface area (TPSA) is 32.3 Å². The molecule has 1 heterocycles. The quantitative estimate of drug-likeness (QED) is 0.666. The molecule has 2 unspecified atom stereocenters. The lowest BCUT2D eigenvalue weighted by atomic mass is 10.0. The summed E-state index contributed by atoms with van der Waals surface area (Å²) in [5.41, 5.74) is 1.82. The van der Waals surface area contributed by atoms with Crippen molar-refractivity contribution in [1.29, 1.82) is 0 Å². The second-order valence-electron chi connectivity index (χ2n) is 5.00. The number of halogens is 1. The molecule has 0 saturated heterocycles. The van der Waals surface area contributed by atoms with Gasteiger partial charge >= 0.3 is 0 Å². The molecular weight excluding hydrogens is 314 g/mol. The zero-order valence-corrected chi connectivity index (χ0v) is 13.4. The zero-order valence-electron chi connectivity index (χ0n) is 11.8. The summed E-state index contributed by atoms with van der Waals surface area (Å²) < 4.78 is 0. The highest BCUT2D eigenvalue weighted by atomic mass is 35.5. The number of thiophene rings is 1. The number of rotatable bonds is 5. The first-order chi connectivity index (χ1) is 10.7. The van der Waals surface area contributed by atoms with Gasteiger partial charge in [0.15, 0.2) is 0 Å². The molecule has 2 aromatic carbocycles. The summed E-state index contributed by atoms with van der Waals surface area (Å²) in [7, 11) is 0. The fourth-order valence-corrected chi connectivity index (χ4v) is 3.27. The van der Waals surface area contributed by atoms with Crippen molar-refractivity contribution in [1.82, 2.24) is 0 Å². The van der Waals surface area contributed by atoms with E-state index in [0.29, 0.717) is 5.02 Å². The minimum absolute atomic E-state index is 0.205. The normalized spacial score (nSPS) is 13.5. The first kappa shape index (κ1) is 15.1. The van der Waals surface area contributed by atoms with Gasteiger partial charge in [-0.15, -0.1) is 11.3 Å². The minimum atomic E-state index is -0.629. The monoisotopic (exact) mass is 329 g/mol. The number of aliphatic hydroxyl groups excluding tert-OH is 1. The Labute approximate surface area is 139 Å². The molecule has 112 valence electrons. The van der Waals surface area contributed by atoms with Gasteiger partial charge in [-0.05, 0) is 41.3 Å². The molecule has 0 aliphatic carbocycles. The molecule has 0 spiro atoms. The van der Waals surface area contributed by atoms with E-state index in [1.165, 1.54) is 0 Å². The highest BCUT2D eigenvalue weighted by Crippen LogP contribution is 2.34. The van der Waals surface area contributed by atoms with Crippen LogP contribution < -0.4 is 5.32 Å². The third kappa shape index (κ3) is 3.50. The molecular formula is C18H16ClNOS. The molecule has 0 fully saturated rings. The van der Waals surface area contributed by atoms with Crippen molar-refractivity contribution in [2.45, 2.75) is 12.1 Å². The van der Waals surface area contributed by atoms with Gasteiger partial charge in [-0.25, -0.2) is 0 Å². The van der Waals surface area contributed by atoms with E-state index in [4.69, 9.17) is 11.6 Å². The predicted molar refractivity (Wildman–Crippen MR) is 93.5 cm³/mol. The Hall–Kier alpha value is -1.81. The van der Waals surface area contributed by atoms with Gasteiger partial charge in [0.2, 0.25) is 0 Å². The van der Waals surface area contributed by atoms with Crippen molar-refractivity contribution in [2.24, 2.45) is 0 Å². The summed E-state index contributed by atoms with van der Waals surface area (Å²) >= 11 is 7.56. The third-order valence-corrected chi connectivity index (χ3v) is 4.68. The lowest BCUT2D eigenvalue weighted by Gasteiger charge is -2.24. The van der Waals surface area contributed by atoms with Gasteiger partial charge in [-0.2, -0.15) is 0 Å². The van der Waals surface area contributed by atoms with Crippen LogP contribution in [0.4, 0.5) is 5.69 Å². The molecule has 3 aromatic rings. The zero-order chi connectivity index (χ0) is 15.4.